The van der Waals surface area contributed by atoms with Crippen LogP contribution in [0.15, 0.2) is 212 Å². The summed E-state index contributed by atoms with van der Waals surface area (Å²) in [4.78, 5) is 2.58. The highest BCUT2D eigenvalue weighted by Crippen LogP contribution is 2.66. The van der Waals surface area contributed by atoms with Gasteiger partial charge in [-0.25, -0.2) is 0 Å². The second kappa shape index (κ2) is 15.0. The van der Waals surface area contributed by atoms with Crippen LogP contribution in [0, 0.1) is 18.8 Å². The number of allylic oxidation sites excluding steroid dienone is 4. The van der Waals surface area contributed by atoms with Gasteiger partial charge in [0.1, 0.15) is 6.04 Å². The van der Waals surface area contributed by atoms with Crippen molar-refractivity contribution in [2.24, 2.45) is 0 Å². The number of hydrogen-bond acceptors (Lipinski definition) is 1. The molecule has 61 heavy (non-hydrogen) atoms. The van der Waals surface area contributed by atoms with E-state index in [-0.39, 0.29) is 18.0 Å². The maximum absolute atomic E-state index is 3.68. The maximum atomic E-state index is 3.68. The highest BCUT2D eigenvalue weighted by Gasteiger charge is 2.58. The average molecular weight is 784 g/mol. The summed E-state index contributed by atoms with van der Waals surface area (Å²) in [6.45, 7) is 4.40. The van der Waals surface area contributed by atoms with Crippen LogP contribution in [0.2, 0.25) is 0 Å². The molecule has 0 amide bonds. The van der Waals surface area contributed by atoms with Crippen molar-refractivity contribution in [3.8, 4) is 23.0 Å². The number of hydrogen-bond donors (Lipinski definition) is 0. The van der Waals surface area contributed by atoms with E-state index in [0.29, 0.717) is 0 Å². The first-order valence-electron chi connectivity index (χ1n) is 22.0. The van der Waals surface area contributed by atoms with Crippen LogP contribution in [0.25, 0.3) is 11.1 Å². The van der Waals surface area contributed by atoms with Crippen LogP contribution < -0.4 is 4.90 Å². The van der Waals surface area contributed by atoms with E-state index in [1.807, 2.05) is 0 Å². The molecule has 4 aliphatic carbocycles. The van der Waals surface area contributed by atoms with E-state index in [0.717, 1.165) is 19.3 Å². The van der Waals surface area contributed by atoms with Gasteiger partial charge >= 0.3 is 0 Å². The van der Waals surface area contributed by atoms with Crippen LogP contribution in [0.5, 0.6) is 0 Å². The standard InChI is InChI=1S/C60H49N/c1-42-34-38-47(39-35-42)61(57-33-12-4-3-7-20-43(57)2)48-40-36-44(37-41-48)49-25-13-15-28-52(49)59(45-21-8-5-9-22-45)54-30-17-18-31-55(54)60(46-23-10-6-11-24-46)53-29-16-14-26-50(53)51-27-19-32-56(59)58(51)60/h3,5-11,13-32,34-36,38-40,44,48,57H,4,37,41H2,1-2H3/b7-3-,43-20-. The zero-order valence-electron chi connectivity index (χ0n) is 34.9. The van der Waals surface area contributed by atoms with E-state index in [1.54, 1.807) is 0 Å². The van der Waals surface area contributed by atoms with E-state index in [4.69, 9.17) is 0 Å². The van der Waals surface area contributed by atoms with E-state index >= 15 is 0 Å². The molecule has 0 saturated heterocycles. The van der Waals surface area contributed by atoms with Gasteiger partial charge in [-0.05, 0) is 106 Å². The Hall–Kier alpha value is -6.88. The zero-order chi connectivity index (χ0) is 41.0. The van der Waals surface area contributed by atoms with Crippen molar-refractivity contribution in [1.82, 2.24) is 0 Å². The Kier molecular flexibility index (Phi) is 9.13. The normalized spacial score (nSPS) is 24.4. The summed E-state index contributed by atoms with van der Waals surface area (Å²) in [5.41, 5.74) is 17.6. The molecule has 0 N–H and O–H groups in total. The Bertz CT molecular complexity index is 2940. The lowest BCUT2D eigenvalue weighted by Gasteiger charge is -2.50. The molecule has 0 aliphatic heterocycles. The number of nitrogens with zero attached hydrogens (tertiary/aromatic N) is 1. The Balaban J connectivity index is 1.12. The lowest BCUT2D eigenvalue weighted by Crippen LogP contribution is -2.45. The smallest absolute Gasteiger partial charge is 0.112 e. The fourth-order valence-electron chi connectivity index (χ4n) is 11.5. The van der Waals surface area contributed by atoms with Gasteiger partial charge in [0.2, 0.25) is 0 Å². The minimum absolute atomic E-state index is 0.000382. The molecular formula is C60H49N. The van der Waals surface area contributed by atoms with Crippen molar-refractivity contribution < 1.29 is 0 Å². The molecule has 0 spiro atoms. The van der Waals surface area contributed by atoms with Crippen molar-refractivity contribution in [3.05, 3.63) is 268 Å². The van der Waals surface area contributed by atoms with Gasteiger partial charge in [-0.1, -0.05) is 212 Å². The van der Waals surface area contributed by atoms with Crippen molar-refractivity contribution in [2.45, 2.75) is 61.9 Å². The van der Waals surface area contributed by atoms with Gasteiger partial charge in [-0.2, -0.15) is 0 Å². The van der Waals surface area contributed by atoms with Crippen LogP contribution >= 0.6 is 0 Å². The molecule has 7 aromatic rings. The summed E-state index contributed by atoms with van der Waals surface area (Å²) in [7, 11) is 0. The second-order valence-electron chi connectivity index (χ2n) is 17.3. The van der Waals surface area contributed by atoms with Gasteiger partial charge < -0.3 is 4.90 Å². The van der Waals surface area contributed by atoms with Gasteiger partial charge in [0, 0.05) is 24.1 Å². The van der Waals surface area contributed by atoms with Gasteiger partial charge in [0.25, 0.3) is 0 Å². The fourth-order valence-corrected chi connectivity index (χ4v) is 11.5. The Labute approximate surface area is 361 Å². The third kappa shape index (κ3) is 5.62. The molecule has 0 heterocycles. The molecule has 0 radical (unpaired) electrons. The molecule has 0 aromatic heterocycles. The van der Waals surface area contributed by atoms with Gasteiger partial charge in [-0.15, -0.1) is 0 Å². The lowest BCUT2D eigenvalue weighted by molar-refractivity contribution is 0.540. The second-order valence-corrected chi connectivity index (χ2v) is 17.3. The average Bonchev–Trinajstić information content (AvgIpc) is 3.62. The van der Waals surface area contributed by atoms with Gasteiger partial charge in [-0.3, -0.25) is 0 Å². The van der Waals surface area contributed by atoms with Crippen molar-refractivity contribution in [3.63, 3.8) is 0 Å². The summed E-state index contributed by atoms with van der Waals surface area (Å²) in [5, 5.41) is 0. The van der Waals surface area contributed by atoms with Crippen molar-refractivity contribution in [2.75, 3.05) is 4.90 Å². The molecule has 0 bridgehead atoms. The molecule has 0 fully saturated rings. The monoisotopic (exact) mass is 783 g/mol. The minimum atomic E-state index is -0.581. The minimum Gasteiger partial charge on any atom is -0.348 e. The summed E-state index contributed by atoms with van der Waals surface area (Å²) < 4.78 is 0. The molecule has 5 atom stereocenters. The molecule has 294 valence electrons. The van der Waals surface area contributed by atoms with E-state index in [2.05, 4.69) is 237 Å². The van der Waals surface area contributed by atoms with E-state index in [1.165, 1.54) is 78.0 Å². The first kappa shape index (κ1) is 37.1. The molecule has 1 heteroatoms. The number of rotatable bonds is 7. The van der Waals surface area contributed by atoms with Crippen LogP contribution in [0.1, 0.15) is 87.7 Å². The van der Waals surface area contributed by atoms with E-state index < -0.39 is 10.8 Å². The molecule has 7 aromatic carbocycles. The van der Waals surface area contributed by atoms with Crippen molar-refractivity contribution >= 4 is 5.69 Å². The van der Waals surface area contributed by atoms with Crippen LogP contribution in [-0.4, -0.2) is 12.1 Å². The summed E-state index contributed by atoms with van der Waals surface area (Å²) in [6.07, 6.45) is 14.4. The highest BCUT2D eigenvalue weighted by atomic mass is 15.2. The molecule has 0 saturated carbocycles. The first-order chi connectivity index (χ1) is 30.1. The topological polar surface area (TPSA) is 3.24 Å². The number of anilines is 1. The Morgan fingerprint density at radius 2 is 1.13 bits per heavy atom. The third-order valence-corrected chi connectivity index (χ3v) is 14.1. The number of aryl methyl sites for hydroxylation is 1. The quantitative estimate of drug-likeness (QED) is 0.115. The van der Waals surface area contributed by atoms with E-state index in [9.17, 15) is 0 Å². The van der Waals surface area contributed by atoms with Crippen LogP contribution in [0.4, 0.5) is 5.69 Å². The highest BCUT2D eigenvalue weighted by molar-refractivity contribution is 5.91. The number of fused-ring (bicyclic) bond motifs is 5. The Morgan fingerprint density at radius 1 is 0.525 bits per heavy atom. The van der Waals surface area contributed by atoms with Crippen molar-refractivity contribution in [1.29, 1.82) is 0 Å². The lowest BCUT2D eigenvalue weighted by atomic mass is 9.51. The Morgan fingerprint density at radius 3 is 1.85 bits per heavy atom. The molecule has 1 nitrogen and oxygen atoms in total. The summed E-state index contributed by atoms with van der Waals surface area (Å²) in [5.74, 6) is 7.38. The molecule has 11 rings (SSSR count). The zero-order valence-corrected chi connectivity index (χ0v) is 34.9. The molecule has 4 aliphatic rings. The van der Waals surface area contributed by atoms with Crippen LogP contribution in [0.3, 0.4) is 0 Å². The first-order valence-corrected chi connectivity index (χ1v) is 22.0. The maximum Gasteiger partial charge on any atom is 0.112 e. The van der Waals surface area contributed by atoms with Crippen LogP contribution in [-0.2, 0) is 10.8 Å². The van der Waals surface area contributed by atoms with Gasteiger partial charge in [0.05, 0.1) is 10.8 Å². The summed E-state index contributed by atoms with van der Waals surface area (Å²) >= 11 is 0. The third-order valence-electron chi connectivity index (χ3n) is 14.1. The predicted molar refractivity (Wildman–Crippen MR) is 253 cm³/mol. The SMILES string of the molecule is C/C1=C/C=C\CC#CC1N(c1ccc(C)cc1)C1C=CC(c2ccccc2C2(c3ccccc3)c3ccccc3C3(c4ccccc4)c4ccccc4-c4cccc2c43)CC1. The predicted octanol–water partition coefficient (Wildman–Crippen LogP) is 13.6. The van der Waals surface area contributed by atoms with Gasteiger partial charge in [0.15, 0.2) is 0 Å². The fraction of sp³-hybridized carbons (Fsp3) is 0.167. The largest absolute Gasteiger partial charge is 0.348 e. The summed E-state index contributed by atoms with van der Waals surface area (Å²) in [6, 6.07) is 67.0. The molecular weight excluding hydrogens is 735 g/mol. The number of benzene rings is 7. The molecule has 5 unspecified atom stereocenters.